The highest BCUT2D eigenvalue weighted by atomic mass is 35.5. The molecule has 5 aromatic heterocycles. The number of benzene rings is 1. The van der Waals surface area contributed by atoms with Crippen LogP contribution in [0.1, 0.15) is 24.1 Å². The molecule has 0 fully saturated rings. The Kier molecular flexibility index (Phi) is 5.88. The van der Waals surface area contributed by atoms with E-state index in [1.807, 2.05) is 19.9 Å². The van der Waals surface area contributed by atoms with Crippen LogP contribution in [0, 0.1) is 6.92 Å². The van der Waals surface area contributed by atoms with Crippen molar-refractivity contribution < 1.29 is 13.4 Å². The van der Waals surface area contributed by atoms with Gasteiger partial charge in [0.2, 0.25) is 11.3 Å². The highest BCUT2D eigenvalue weighted by molar-refractivity contribution is 6.29. The lowest BCUT2D eigenvalue weighted by atomic mass is 9.98. The molecule has 1 atom stereocenters. The maximum atomic E-state index is 13.9. The number of hydrogen-bond donors (Lipinski definition) is 2. The van der Waals surface area contributed by atoms with Gasteiger partial charge in [-0.15, -0.1) is 0 Å². The average Bonchev–Trinajstić information content (AvgIpc) is 3.68. The number of oxazole rings is 1. The van der Waals surface area contributed by atoms with Gasteiger partial charge in [-0.3, -0.25) is 19.0 Å². The van der Waals surface area contributed by atoms with Crippen LogP contribution in [0.25, 0.3) is 45.1 Å². The molecule has 13 heteroatoms. The van der Waals surface area contributed by atoms with E-state index in [0.29, 0.717) is 44.9 Å². The van der Waals surface area contributed by atoms with Crippen molar-refractivity contribution in [1.82, 2.24) is 29.9 Å². The summed E-state index contributed by atoms with van der Waals surface area (Å²) in [7, 11) is 1.78. The molecule has 39 heavy (non-hydrogen) atoms. The quantitative estimate of drug-likeness (QED) is 0.280. The second kappa shape index (κ2) is 9.40. The Balaban J connectivity index is 1.53. The zero-order chi connectivity index (χ0) is 27.3. The monoisotopic (exact) mass is 545 g/mol. The molecule has 0 aliphatic carbocycles. The summed E-state index contributed by atoms with van der Waals surface area (Å²) in [6.07, 6.45) is 6.04. The molecule has 196 valence electrons. The Morgan fingerprint density at radius 3 is 2.74 bits per heavy atom. The molecule has 6 aromatic rings. The van der Waals surface area contributed by atoms with Crippen LogP contribution in [-0.4, -0.2) is 29.9 Å². The number of H-pyrrole nitrogens is 1. The van der Waals surface area contributed by atoms with Gasteiger partial charge in [-0.05, 0) is 37.6 Å². The minimum Gasteiger partial charge on any atom is -0.455 e. The van der Waals surface area contributed by atoms with Crippen LogP contribution in [0.4, 0.5) is 5.69 Å². The number of fused-ring (bicyclic) bond motifs is 1. The van der Waals surface area contributed by atoms with Crippen LogP contribution in [0.5, 0.6) is 0 Å². The molecule has 6 rings (SSSR count). The fourth-order valence-electron chi connectivity index (χ4n) is 4.48. The van der Waals surface area contributed by atoms with E-state index in [1.165, 1.54) is 12.7 Å². The Hall–Kier alpha value is -4.97. The summed E-state index contributed by atoms with van der Waals surface area (Å²) < 4.78 is 17.9. The van der Waals surface area contributed by atoms with Crippen LogP contribution in [0.3, 0.4) is 0 Å². The van der Waals surface area contributed by atoms with Crippen molar-refractivity contribution in [2.75, 3.05) is 5.32 Å². The van der Waals surface area contributed by atoms with E-state index < -0.39 is 11.8 Å². The molecule has 0 bridgehead atoms. The van der Waals surface area contributed by atoms with E-state index in [-0.39, 0.29) is 22.0 Å². The molecule has 0 saturated carbocycles. The topological polar surface area (TPSA) is 158 Å². The smallest absolute Gasteiger partial charge is 0.439 e. The fourth-order valence-corrected chi connectivity index (χ4v) is 4.63. The summed E-state index contributed by atoms with van der Waals surface area (Å²) >= 11 is 6.12. The third kappa shape index (κ3) is 4.40. The minimum atomic E-state index is -0.719. The summed E-state index contributed by atoms with van der Waals surface area (Å²) in [5.41, 5.74) is 3.79. The second-order valence-electron chi connectivity index (χ2n) is 8.98. The number of halogens is 1. The zero-order valence-corrected chi connectivity index (χ0v) is 21.6. The Morgan fingerprint density at radius 2 is 2.05 bits per heavy atom. The van der Waals surface area contributed by atoms with Crippen LogP contribution in [0.15, 0.2) is 72.3 Å². The van der Waals surface area contributed by atoms with Crippen molar-refractivity contribution in [1.29, 1.82) is 0 Å². The first-order valence-corrected chi connectivity index (χ1v) is 12.1. The van der Waals surface area contributed by atoms with Gasteiger partial charge < -0.3 is 14.2 Å². The number of nitrogens with one attached hydrogen (secondary N) is 2. The van der Waals surface area contributed by atoms with Gasteiger partial charge in [-0.2, -0.15) is 5.10 Å². The van der Waals surface area contributed by atoms with Crippen LogP contribution >= 0.6 is 11.6 Å². The van der Waals surface area contributed by atoms with Gasteiger partial charge in [0.15, 0.2) is 12.2 Å². The lowest BCUT2D eigenvalue weighted by molar-refractivity contribution is 0.388. The summed E-state index contributed by atoms with van der Waals surface area (Å²) in [6, 6.07) is 6.65. The number of hydrogen-bond acceptors (Lipinski definition) is 10. The Labute approximate surface area is 224 Å². The molecule has 0 aliphatic heterocycles. The Morgan fingerprint density at radius 1 is 1.21 bits per heavy atom. The normalized spacial score (nSPS) is 12.2. The number of rotatable bonds is 6. The highest BCUT2D eigenvalue weighted by Crippen LogP contribution is 2.36. The van der Waals surface area contributed by atoms with E-state index in [0.717, 1.165) is 5.56 Å². The molecule has 0 amide bonds. The van der Waals surface area contributed by atoms with E-state index in [4.69, 9.17) is 20.4 Å². The van der Waals surface area contributed by atoms with Crippen LogP contribution < -0.4 is 16.5 Å². The third-order valence-corrected chi connectivity index (χ3v) is 6.40. The van der Waals surface area contributed by atoms with Crippen LogP contribution in [-0.2, 0) is 7.05 Å². The summed E-state index contributed by atoms with van der Waals surface area (Å²) in [5.74, 6) is -0.280. The van der Waals surface area contributed by atoms with Crippen molar-refractivity contribution in [3.63, 3.8) is 0 Å². The van der Waals surface area contributed by atoms with Crippen molar-refractivity contribution >= 4 is 28.3 Å². The van der Waals surface area contributed by atoms with Gasteiger partial charge in [-0.25, -0.2) is 14.8 Å². The lowest BCUT2D eigenvalue weighted by Gasteiger charge is -2.20. The molecule has 0 spiro atoms. The molecule has 12 nitrogen and oxygen atoms in total. The van der Waals surface area contributed by atoms with E-state index in [1.54, 1.807) is 42.3 Å². The number of nitrogens with zero attached hydrogens (tertiary/aromatic N) is 5. The highest BCUT2D eigenvalue weighted by Gasteiger charge is 2.24. The number of aryl methyl sites for hydroxylation is 2. The molecule has 0 unspecified atom stereocenters. The van der Waals surface area contributed by atoms with Gasteiger partial charge in [0, 0.05) is 18.8 Å². The van der Waals surface area contributed by atoms with Gasteiger partial charge in [0.25, 0.3) is 0 Å². The van der Waals surface area contributed by atoms with E-state index >= 15 is 0 Å². The van der Waals surface area contributed by atoms with Crippen molar-refractivity contribution in [2.45, 2.75) is 19.9 Å². The third-order valence-electron chi connectivity index (χ3n) is 6.18. The number of anilines is 1. The predicted octanol–water partition coefficient (Wildman–Crippen LogP) is 4.72. The number of aromatic nitrogens is 6. The Bertz CT molecular complexity index is 1950. The number of pyridine rings is 1. The van der Waals surface area contributed by atoms with Crippen LogP contribution in [0.2, 0.25) is 5.15 Å². The lowest BCUT2D eigenvalue weighted by Crippen LogP contribution is -2.13. The molecular weight excluding hydrogens is 526 g/mol. The van der Waals surface area contributed by atoms with Crippen molar-refractivity contribution in [3.8, 4) is 34.1 Å². The fraction of sp³-hybridized carbons (Fsp3) is 0.154. The summed E-state index contributed by atoms with van der Waals surface area (Å²) in [6.45, 7) is 3.81. The molecule has 2 N–H and O–H groups in total. The number of aromatic amines is 1. The molecule has 0 aliphatic rings. The molecule has 1 aromatic carbocycles. The zero-order valence-electron chi connectivity index (χ0n) is 20.9. The standard InChI is InChI=1S/C26H20ClN7O5/c1-12-6-15(13(2)30-17-4-5-19(27)31-21(17)25-32-26(36)39-33-25)24-16(7-12)22(35)20(18-10-37-11-28-18)23(38-24)14-8-29-34(3)9-14/h4-11,13,30H,1-3H3,(H,32,33,36)/t13-/m1/s1. The van der Waals surface area contributed by atoms with Gasteiger partial charge in [-0.1, -0.05) is 22.8 Å². The first-order chi connectivity index (χ1) is 18.8. The second-order valence-corrected chi connectivity index (χ2v) is 9.37. The van der Waals surface area contributed by atoms with Crippen molar-refractivity contribution in [3.05, 3.63) is 86.4 Å². The average molecular weight is 546 g/mol. The maximum absolute atomic E-state index is 13.9. The molecule has 0 radical (unpaired) electrons. The SMILES string of the molecule is Cc1cc([C@@H](C)Nc2ccc(Cl)nc2-c2noc(=O)[nH]2)c2oc(-c3cnn(C)c3)c(-c3cocn3)c(=O)c2c1. The first kappa shape index (κ1) is 24.4. The summed E-state index contributed by atoms with van der Waals surface area (Å²) in [5, 5.41) is 12.0. The van der Waals surface area contributed by atoms with Crippen molar-refractivity contribution in [2.24, 2.45) is 7.05 Å². The largest absolute Gasteiger partial charge is 0.455 e. The van der Waals surface area contributed by atoms with Gasteiger partial charge in [0.05, 0.1) is 34.4 Å². The molecule has 5 heterocycles. The minimum absolute atomic E-state index is 0.119. The molecule has 0 saturated heterocycles. The van der Waals surface area contributed by atoms with E-state index in [9.17, 15) is 9.59 Å². The first-order valence-electron chi connectivity index (χ1n) is 11.8. The van der Waals surface area contributed by atoms with Gasteiger partial charge in [0.1, 0.15) is 28.4 Å². The summed E-state index contributed by atoms with van der Waals surface area (Å²) in [4.78, 5) is 36.5. The molecular formula is C26H20ClN7O5. The predicted molar refractivity (Wildman–Crippen MR) is 142 cm³/mol. The van der Waals surface area contributed by atoms with Gasteiger partial charge >= 0.3 is 5.76 Å². The maximum Gasteiger partial charge on any atom is 0.439 e. The van der Waals surface area contributed by atoms with E-state index in [2.05, 4.69) is 35.0 Å².